The summed E-state index contributed by atoms with van der Waals surface area (Å²) in [7, 11) is 0. The SMILES string of the molecule is CCCCC(CC)Cc1cc(C(C)(CC)CC)cc2c(CC(CC)CCCC)cc(C(C)(CC)CC)cc12. The van der Waals surface area contributed by atoms with Gasteiger partial charge in [-0.1, -0.05) is 145 Å². The fourth-order valence-electron chi connectivity index (χ4n) is 6.47. The zero-order chi connectivity index (χ0) is 28.3. The molecular weight excluding hydrogens is 456 g/mol. The molecule has 0 spiro atoms. The van der Waals surface area contributed by atoms with E-state index in [1.54, 1.807) is 33.0 Å². The topological polar surface area (TPSA) is 0 Å². The number of fused-ring (bicyclic) bond motifs is 1. The zero-order valence-electron chi connectivity index (χ0n) is 27.4. The van der Waals surface area contributed by atoms with Crippen molar-refractivity contribution in [2.24, 2.45) is 11.8 Å². The molecule has 2 aromatic carbocycles. The predicted octanol–water partition coefficient (Wildman–Crippen LogP) is 12.5. The fraction of sp³-hybridized carbons (Fsp3) is 0.737. The lowest BCUT2D eigenvalue weighted by Crippen LogP contribution is -2.22. The molecule has 2 unspecified atom stereocenters. The van der Waals surface area contributed by atoms with Crippen LogP contribution in [0, 0.1) is 11.8 Å². The van der Waals surface area contributed by atoms with E-state index in [0.29, 0.717) is 0 Å². The standard InChI is InChI=1S/C38H64/c1-11-19-21-29(13-3)23-31-25-33(37(9,15-5)16-6)28-36-32(24-30(14-4)22-20-12-2)26-34(27-35(31)36)38(10,17-7)18-8/h25-30H,11-24H2,1-10H3. The Balaban J connectivity index is 2.88. The van der Waals surface area contributed by atoms with Crippen LogP contribution in [0.15, 0.2) is 24.3 Å². The predicted molar refractivity (Wildman–Crippen MR) is 174 cm³/mol. The van der Waals surface area contributed by atoms with Crippen molar-refractivity contribution in [1.29, 1.82) is 0 Å². The minimum absolute atomic E-state index is 0.248. The highest BCUT2D eigenvalue weighted by molar-refractivity contribution is 5.91. The second kappa shape index (κ2) is 15.5. The van der Waals surface area contributed by atoms with Crippen molar-refractivity contribution in [3.05, 3.63) is 46.5 Å². The maximum Gasteiger partial charge on any atom is -0.00802 e. The van der Waals surface area contributed by atoms with E-state index in [9.17, 15) is 0 Å². The average Bonchev–Trinajstić information content (AvgIpc) is 2.95. The van der Waals surface area contributed by atoms with Crippen LogP contribution in [0.3, 0.4) is 0 Å². The van der Waals surface area contributed by atoms with Gasteiger partial charge in [-0.25, -0.2) is 0 Å². The first kappa shape index (κ1) is 32.9. The van der Waals surface area contributed by atoms with Gasteiger partial charge in [-0.3, -0.25) is 0 Å². The Labute approximate surface area is 238 Å². The van der Waals surface area contributed by atoms with Crippen LogP contribution in [0.1, 0.15) is 169 Å². The Morgan fingerprint density at radius 3 is 1.13 bits per heavy atom. The van der Waals surface area contributed by atoms with Gasteiger partial charge >= 0.3 is 0 Å². The first-order valence-corrected chi connectivity index (χ1v) is 16.8. The van der Waals surface area contributed by atoms with Crippen molar-refractivity contribution in [1.82, 2.24) is 0 Å². The summed E-state index contributed by atoms with van der Waals surface area (Å²) < 4.78 is 0. The zero-order valence-corrected chi connectivity index (χ0v) is 27.4. The van der Waals surface area contributed by atoms with Gasteiger partial charge in [0.1, 0.15) is 0 Å². The molecule has 0 fully saturated rings. The average molecular weight is 521 g/mol. The number of hydrogen-bond acceptors (Lipinski definition) is 0. The van der Waals surface area contributed by atoms with Crippen LogP contribution in [-0.2, 0) is 23.7 Å². The fourth-order valence-corrected chi connectivity index (χ4v) is 6.47. The summed E-state index contributed by atoms with van der Waals surface area (Å²) in [6, 6.07) is 10.6. The van der Waals surface area contributed by atoms with Gasteiger partial charge in [0.15, 0.2) is 0 Å². The van der Waals surface area contributed by atoms with E-state index in [1.165, 1.54) is 89.9 Å². The van der Waals surface area contributed by atoms with Gasteiger partial charge in [0.2, 0.25) is 0 Å². The largest absolute Gasteiger partial charge is 0.0654 e. The second-order valence-corrected chi connectivity index (χ2v) is 13.1. The van der Waals surface area contributed by atoms with Crippen molar-refractivity contribution in [3.63, 3.8) is 0 Å². The molecule has 0 bridgehead atoms. The lowest BCUT2D eigenvalue weighted by atomic mass is 9.72. The van der Waals surface area contributed by atoms with Crippen molar-refractivity contribution in [2.75, 3.05) is 0 Å². The van der Waals surface area contributed by atoms with Gasteiger partial charge in [-0.05, 0) is 94.2 Å². The monoisotopic (exact) mass is 521 g/mol. The van der Waals surface area contributed by atoms with Crippen LogP contribution in [0.2, 0.25) is 0 Å². The molecule has 2 rings (SSSR count). The quantitative estimate of drug-likeness (QED) is 0.183. The summed E-state index contributed by atoms with van der Waals surface area (Å²) in [4.78, 5) is 0. The van der Waals surface area contributed by atoms with Crippen molar-refractivity contribution >= 4 is 10.8 Å². The van der Waals surface area contributed by atoms with Crippen LogP contribution >= 0.6 is 0 Å². The molecule has 2 aromatic rings. The second-order valence-electron chi connectivity index (χ2n) is 13.1. The normalized spacial score (nSPS) is 14.3. The highest BCUT2D eigenvalue weighted by atomic mass is 14.3. The molecule has 0 nitrogen and oxygen atoms in total. The number of rotatable bonds is 18. The molecule has 216 valence electrons. The van der Waals surface area contributed by atoms with Crippen LogP contribution in [0.25, 0.3) is 10.8 Å². The molecule has 0 saturated carbocycles. The Bertz CT molecular complexity index is 876. The maximum absolute atomic E-state index is 2.65. The Morgan fingerprint density at radius 1 is 0.526 bits per heavy atom. The number of hydrogen-bond donors (Lipinski definition) is 0. The molecule has 0 saturated heterocycles. The van der Waals surface area contributed by atoms with Crippen LogP contribution < -0.4 is 0 Å². The van der Waals surface area contributed by atoms with E-state index in [-0.39, 0.29) is 10.8 Å². The van der Waals surface area contributed by atoms with Crippen molar-refractivity contribution in [3.8, 4) is 0 Å². The summed E-state index contributed by atoms with van der Waals surface area (Å²) in [5.74, 6) is 1.57. The minimum Gasteiger partial charge on any atom is -0.0654 e. The molecule has 38 heavy (non-hydrogen) atoms. The molecular formula is C38H64. The van der Waals surface area contributed by atoms with E-state index in [2.05, 4.69) is 93.5 Å². The van der Waals surface area contributed by atoms with Gasteiger partial charge in [0, 0.05) is 0 Å². The third-order valence-corrected chi connectivity index (χ3v) is 10.9. The van der Waals surface area contributed by atoms with Crippen LogP contribution in [0.5, 0.6) is 0 Å². The van der Waals surface area contributed by atoms with Crippen molar-refractivity contribution in [2.45, 2.75) is 170 Å². The van der Waals surface area contributed by atoms with Crippen molar-refractivity contribution < 1.29 is 0 Å². The van der Waals surface area contributed by atoms with Gasteiger partial charge in [-0.2, -0.15) is 0 Å². The Kier molecular flexibility index (Phi) is 13.4. The molecule has 0 heterocycles. The smallest absolute Gasteiger partial charge is 0.00802 e. The van der Waals surface area contributed by atoms with Crippen LogP contribution in [0.4, 0.5) is 0 Å². The molecule has 0 radical (unpaired) electrons. The minimum atomic E-state index is 0.248. The molecule has 0 aliphatic rings. The molecule has 0 N–H and O–H groups in total. The summed E-state index contributed by atoms with van der Waals surface area (Å²) >= 11 is 0. The highest BCUT2D eigenvalue weighted by Crippen LogP contribution is 2.41. The third kappa shape index (κ3) is 7.88. The molecule has 0 heteroatoms. The van der Waals surface area contributed by atoms with E-state index in [0.717, 1.165) is 11.8 Å². The van der Waals surface area contributed by atoms with Gasteiger partial charge in [0.05, 0.1) is 0 Å². The lowest BCUT2D eigenvalue weighted by molar-refractivity contribution is 0.432. The van der Waals surface area contributed by atoms with E-state index < -0.39 is 0 Å². The molecule has 0 amide bonds. The third-order valence-electron chi connectivity index (χ3n) is 10.9. The molecule has 0 aromatic heterocycles. The molecule has 0 aliphatic heterocycles. The number of unbranched alkanes of at least 4 members (excludes halogenated alkanes) is 2. The summed E-state index contributed by atoms with van der Waals surface area (Å²) in [6.45, 7) is 24.1. The molecule has 2 atom stereocenters. The number of benzene rings is 2. The first-order valence-electron chi connectivity index (χ1n) is 16.8. The molecule has 0 aliphatic carbocycles. The Hall–Kier alpha value is -1.30. The highest BCUT2D eigenvalue weighted by Gasteiger charge is 2.28. The maximum atomic E-state index is 2.65. The lowest BCUT2D eigenvalue weighted by Gasteiger charge is -2.32. The van der Waals surface area contributed by atoms with Crippen LogP contribution in [-0.4, -0.2) is 0 Å². The van der Waals surface area contributed by atoms with Gasteiger partial charge in [0.25, 0.3) is 0 Å². The van der Waals surface area contributed by atoms with Gasteiger partial charge < -0.3 is 0 Å². The Morgan fingerprint density at radius 2 is 0.868 bits per heavy atom. The van der Waals surface area contributed by atoms with E-state index in [1.807, 2.05) is 0 Å². The van der Waals surface area contributed by atoms with Gasteiger partial charge in [-0.15, -0.1) is 0 Å². The summed E-state index contributed by atoms with van der Waals surface area (Å²) in [6.07, 6.45) is 17.9. The summed E-state index contributed by atoms with van der Waals surface area (Å²) in [5.41, 5.74) is 6.93. The van der Waals surface area contributed by atoms with E-state index in [4.69, 9.17) is 0 Å². The van der Waals surface area contributed by atoms with E-state index >= 15 is 0 Å². The first-order chi connectivity index (χ1) is 18.2. The summed E-state index contributed by atoms with van der Waals surface area (Å²) in [5, 5.41) is 3.15.